The molecule has 2 aliphatic heterocycles. The molecule has 2 aromatic carbocycles. The maximum atomic E-state index is 14.7. The van der Waals surface area contributed by atoms with Crippen LogP contribution in [0.2, 0.25) is 0 Å². The van der Waals surface area contributed by atoms with Crippen molar-refractivity contribution >= 4 is 28.0 Å². The van der Waals surface area contributed by atoms with Crippen molar-refractivity contribution in [2.45, 2.75) is 25.3 Å². The largest absolute Gasteiger partial charge is 0.384 e. The second kappa shape index (κ2) is 12.2. The van der Waals surface area contributed by atoms with Crippen molar-refractivity contribution < 1.29 is 13.2 Å². The third kappa shape index (κ3) is 6.33. The van der Waals surface area contributed by atoms with Gasteiger partial charge >= 0.3 is 0 Å². The summed E-state index contributed by atoms with van der Waals surface area (Å²) in [5.41, 5.74) is 9.51. The normalized spacial score (nSPS) is 16.0. The lowest BCUT2D eigenvalue weighted by Gasteiger charge is -2.21. The molecule has 7 rings (SSSR count). The average Bonchev–Trinajstić information content (AvgIpc) is 3.61. The number of nitrogens with zero attached hydrogens (tertiary/aromatic N) is 5. The number of aromatic nitrogens is 4. The Bertz CT molecular complexity index is 1930. The first-order chi connectivity index (χ1) is 22.2. The minimum absolute atomic E-state index is 0.105. The van der Waals surface area contributed by atoms with E-state index in [9.17, 15) is 13.2 Å². The number of likely N-dealkylation sites (N-methyl/N-ethyl adjacent to an activating group) is 1. The van der Waals surface area contributed by atoms with Crippen LogP contribution in [0.4, 0.5) is 24.5 Å². The number of alkyl halides is 2. The van der Waals surface area contributed by atoms with Crippen molar-refractivity contribution in [1.82, 2.24) is 30.0 Å². The third-order valence-corrected chi connectivity index (χ3v) is 8.54. The van der Waals surface area contributed by atoms with Crippen molar-refractivity contribution in [2.24, 2.45) is 0 Å². The number of H-pyrrole nitrogens is 1. The number of allylic oxidation sites excluding steroid dienone is 1. The maximum absolute atomic E-state index is 14.7. The fraction of sp³-hybridized carbons (Fsp3) is 0.286. The lowest BCUT2D eigenvalue weighted by Crippen LogP contribution is -2.24. The van der Waals surface area contributed by atoms with E-state index >= 15 is 0 Å². The van der Waals surface area contributed by atoms with E-state index in [0.29, 0.717) is 26.1 Å². The second-order valence-electron chi connectivity index (χ2n) is 12.3. The van der Waals surface area contributed by atoms with Crippen LogP contribution < -0.4 is 10.6 Å². The number of fused-ring (bicyclic) bond motifs is 2. The summed E-state index contributed by atoms with van der Waals surface area (Å²) in [4.78, 5) is 12.7. The Morgan fingerprint density at radius 3 is 2.67 bits per heavy atom. The van der Waals surface area contributed by atoms with Gasteiger partial charge in [0.25, 0.3) is 5.92 Å². The number of benzene rings is 2. The SMILES string of the molecule is CN(C)CCNc1cc(F)cc(-c2cncc3c2CC=C(c2n[nH]c4ccc(-c5cncc(CN6CCC(F)(F)C6)c5)cc24)N3)c1. The molecular weight excluding hydrogens is 589 g/mol. The molecule has 236 valence electrons. The zero-order chi connectivity index (χ0) is 31.8. The summed E-state index contributed by atoms with van der Waals surface area (Å²) in [7, 11) is 4.00. The number of nitrogens with one attached hydrogen (secondary N) is 3. The summed E-state index contributed by atoms with van der Waals surface area (Å²) >= 11 is 0. The first-order valence-electron chi connectivity index (χ1n) is 15.4. The average molecular weight is 625 g/mol. The van der Waals surface area contributed by atoms with Crippen LogP contribution in [-0.4, -0.2) is 76.2 Å². The van der Waals surface area contributed by atoms with Crippen LogP contribution in [0.3, 0.4) is 0 Å². The van der Waals surface area contributed by atoms with Gasteiger partial charge in [-0.1, -0.05) is 12.1 Å². The summed E-state index contributed by atoms with van der Waals surface area (Å²) in [6.45, 7) is 2.13. The molecule has 5 heterocycles. The van der Waals surface area contributed by atoms with Gasteiger partial charge < -0.3 is 15.5 Å². The molecule has 11 heteroatoms. The Kier molecular flexibility index (Phi) is 7.95. The van der Waals surface area contributed by atoms with Gasteiger partial charge in [-0.15, -0.1) is 0 Å². The molecule has 0 radical (unpaired) electrons. The summed E-state index contributed by atoms with van der Waals surface area (Å²) in [5, 5.41) is 15.5. The molecule has 0 saturated carbocycles. The molecular formula is C35H35F3N8. The second-order valence-corrected chi connectivity index (χ2v) is 12.3. The van der Waals surface area contributed by atoms with E-state index in [4.69, 9.17) is 0 Å². The Balaban J connectivity index is 1.14. The summed E-state index contributed by atoms with van der Waals surface area (Å²) in [5.74, 6) is -2.93. The molecule has 3 aromatic heterocycles. The van der Waals surface area contributed by atoms with Crippen molar-refractivity contribution in [1.29, 1.82) is 0 Å². The summed E-state index contributed by atoms with van der Waals surface area (Å²) < 4.78 is 42.1. The van der Waals surface area contributed by atoms with Gasteiger partial charge in [0.2, 0.25) is 0 Å². The van der Waals surface area contributed by atoms with E-state index in [-0.39, 0.29) is 18.8 Å². The molecule has 1 fully saturated rings. The van der Waals surface area contributed by atoms with Gasteiger partial charge in [-0.25, -0.2) is 13.2 Å². The van der Waals surface area contributed by atoms with Gasteiger partial charge in [-0.3, -0.25) is 20.0 Å². The Morgan fingerprint density at radius 2 is 1.85 bits per heavy atom. The summed E-state index contributed by atoms with van der Waals surface area (Å²) in [6, 6.07) is 13.1. The molecule has 0 atom stereocenters. The van der Waals surface area contributed by atoms with Gasteiger partial charge in [0.1, 0.15) is 11.5 Å². The molecule has 0 spiro atoms. The molecule has 2 aliphatic rings. The van der Waals surface area contributed by atoms with Gasteiger partial charge in [0.05, 0.1) is 29.6 Å². The number of rotatable bonds is 9. The highest BCUT2D eigenvalue weighted by molar-refractivity contribution is 5.97. The minimum Gasteiger partial charge on any atom is -0.384 e. The Hall–Kier alpha value is -4.74. The van der Waals surface area contributed by atoms with E-state index in [2.05, 4.69) is 47.8 Å². The number of hydrogen-bond donors (Lipinski definition) is 3. The molecule has 3 N–H and O–H groups in total. The van der Waals surface area contributed by atoms with Crippen LogP contribution >= 0.6 is 0 Å². The summed E-state index contributed by atoms with van der Waals surface area (Å²) in [6.07, 6.45) is 9.71. The minimum atomic E-state index is -2.63. The molecule has 0 bridgehead atoms. The highest BCUT2D eigenvalue weighted by Gasteiger charge is 2.38. The Morgan fingerprint density at radius 1 is 0.978 bits per heavy atom. The topological polar surface area (TPSA) is 85.0 Å². The number of hydrogen-bond acceptors (Lipinski definition) is 7. The highest BCUT2D eigenvalue weighted by Crippen LogP contribution is 2.37. The first kappa shape index (κ1) is 29.9. The van der Waals surface area contributed by atoms with Crippen molar-refractivity contribution in [3.63, 3.8) is 0 Å². The van der Waals surface area contributed by atoms with E-state index in [1.54, 1.807) is 35.8 Å². The Labute approximate surface area is 265 Å². The van der Waals surface area contributed by atoms with E-state index in [1.165, 1.54) is 6.07 Å². The van der Waals surface area contributed by atoms with E-state index < -0.39 is 5.92 Å². The van der Waals surface area contributed by atoms with E-state index in [1.807, 2.05) is 38.4 Å². The quantitative estimate of drug-likeness (QED) is 0.169. The maximum Gasteiger partial charge on any atom is 0.261 e. The van der Waals surface area contributed by atoms with Gasteiger partial charge in [0.15, 0.2) is 0 Å². The zero-order valence-corrected chi connectivity index (χ0v) is 25.7. The van der Waals surface area contributed by atoms with Crippen LogP contribution in [0.1, 0.15) is 23.2 Å². The predicted molar refractivity (Wildman–Crippen MR) is 176 cm³/mol. The van der Waals surface area contributed by atoms with Crippen molar-refractivity contribution in [3.05, 3.63) is 96.0 Å². The molecule has 1 saturated heterocycles. The van der Waals surface area contributed by atoms with Crippen LogP contribution in [0, 0.1) is 5.82 Å². The molecule has 0 amide bonds. The smallest absolute Gasteiger partial charge is 0.261 e. The predicted octanol–water partition coefficient (Wildman–Crippen LogP) is 6.65. The lowest BCUT2D eigenvalue weighted by molar-refractivity contribution is 0.0115. The number of halogens is 3. The van der Waals surface area contributed by atoms with Gasteiger partial charge in [-0.2, -0.15) is 5.10 Å². The fourth-order valence-electron chi connectivity index (χ4n) is 6.22. The molecule has 8 nitrogen and oxygen atoms in total. The van der Waals surface area contributed by atoms with Gasteiger partial charge in [-0.05, 0) is 79.2 Å². The monoisotopic (exact) mass is 624 g/mol. The standard InChI is InChI=1S/C35H35F3N8/c1-45(2)10-8-41-27-13-24(12-26(36)15-27)30-18-40-19-33-28(30)4-6-32(42-33)34-29-14-23(3-5-31(29)43-44-34)25-11-22(16-39-17-25)20-46-9-7-35(37,38)21-46/h3,5-6,11-19,41-42H,4,7-10,20-21H2,1-2H3,(H,43,44). The number of anilines is 2. The first-order valence-corrected chi connectivity index (χ1v) is 15.4. The van der Waals surface area contributed by atoms with Crippen molar-refractivity contribution in [3.8, 4) is 22.3 Å². The van der Waals surface area contributed by atoms with Crippen LogP contribution in [0.25, 0.3) is 38.9 Å². The van der Waals surface area contributed by atoms with Crippen molar-refractivity contribution in [2.75, 3.05) is 50.9 Å². The van der Waals surface area contributed by atoms with E-state index in [0.717, 1.165) is 73.6 Å². The van der Waals surface area contributed by atoms with Crippen LogP contribution in [-0.2, 0) is 13.0 Å². The van der Waals surface area contributed by atoms with Crippen LogP contribution in [0.15, 0.2) is 73.3 Å². The molecule has 0 aliphatic carbocycles. The number of pyridine rings is 2. The third-order valence-electron chi connectivity index (χ3n) is 8.54. The number of likely N-dealkylation sites (tertiary alicyclic amines) is 1. The fourth-order valence-corrected chi connectivity index (χ4v) is 6.22. The van der Waals surface area contributed by atoms with Gasteiger partial charge in [0, 0.05) is 73.4 Å². The zero-order valence-electron chi connectivity index (χ0n) is 25.7. The molecule has 46 heavy (non-hydrogen) atoms. The molecule has 5 aromatic rings. The number of aromatic amines is 1. The molecule has 0 unspecified atom stereocenters. The lowest BCUT2D eigenvalue weighted by atomic mass is 9.94. The van der Waals surface area contributed by atoms with Crippen LogP contribution in [0.5, 0.6) is 0 Å². The highest BCUT2D eigenvalue weighted by atomic mass is 19.3.